The van der Waals surface area contributed by atoms with E-state index in [1.807, 2.05) is 31.2 Å². The monoisotopic (exact) mass is 293 g/mol. The molecule has 0 bridgehead atoms. The van der Waals surface area contributed by atoms with Crippen LogP contribution in [0.3, 0.4) is 0 Å². The topological polar surface area (TPSA) is 56.8 Å². The van der Waals surface area contributed by atoms with E-state index in [-0.39, 0.29) is 5.91 Å². The quantitative estimate of drug-likeness (QED) is 0.748. The summed E-state index contributed by atoms with van der Waals surface area (Å²) in [6.45, 7) is 2.90. The van der Waals surface area contributed by atoms with Gasteiger partial charge in [0.25, 0.3) is 5.91 Å². The third-order valence-corrected chi connectivity index (χ3v) is 3.90. The van der Waals surface area contributed by atoms with Crippen molar-refractivity contribution in [1.29, 1.82) is 0 Å². The molecule has 1 saturated carbocycles. The lowest BCUT2D eigenvalue weighted by molar-refractivity contribution is -0.138. The molecule has 1 aromatic carbocycles. The summed E-state index contributed by atoms with van der Waals surface area (Å²) in [5.74, 6) is 0.974. The zero-order chi connectivity index (χ0) is 15.3. The van der Waals surface area contributed by atoms with E-state index in [0.717, 1.165) is 24.3 Å². The molecule has 0 aliphatic heterocycles. The molecule has 1 aromatic rings. The average Bonchev–Trinajstić information content (AvgIpc) is 3.33. The van der Waals surface area contributed by atoms with Crippen LogP contribution in [0.25, 0.3) is 0 Å². The molecule has 0 saturated heterocycles. The average molecular weight is 293 g/mol. The number of anilines is 1. The first-order valence-corrected chi connectivity index (χ1v) is 7.18. The lowest BCUT2D eigenvalue weighted by Gasteiger charge is -2.26. The maximum atomic E-state index is 12.4. The van der Waals surface area contributed by atoms with Crippen LogP contribution in [0.15, 0.2) is 24.3 Å². The lowest BCUT2D eigenvalue weighted by Crippen LogP contribution is -2.43. The van der Waals surface area contributed by atoms with Gasteiger partial charge in [-0.05, 0) is 49.9 Å². The smallest absolute Gasteiger partial charge is 0.256 e. The summed E-state index contributed by atoms with van der Waals surface area (Å²) < 4.78 is 15.8. The van der Waals surface area contributed by atoms with Crippen molar-refractivity contribution < 1.29 is 19.0 Å². The van der Waals surface area contributed by atoms with Crippen molar-refractivity contribution in [2.75, 3.05) is 32.8 Å². The largest absolute Gasteiger partial charge is 0.491 e. The Morgan fingerprint density at radius 3 is 2.43 bits per heavy atom. The maximum Gasteiger partial charge on any atom is 0.256 e. The number of carbonyl (C=O) groups is 1. The highest BCUT2D eigenvalue weighted by molar-refractivity contribution is 5.97. The van der Waals surface area contributed by atoms with E-state index >= 15 is 0 Å². The van der Waals surface area contributed by atoms with Crippen molar-refractivity contribution in [2.24, 2.45) is 5.92 Å². The number of ether oxygens (including phenoxy) is 3. The van der Waals surface area contributed by atoms with Gasteiger partial charge in [0.1, 0.15) is 18.0 Å². The summed E-state index contributed by atoms with van der Waals surface area (Å²) in [5.41, 5.74) is -0.00352. The highest BCUT2D eigenvalue weighted by Crippen LogP contribution is 2.42. The maximum absolute atomic E-state index is 12.4. The Morgan fingerprint density at radius 1 is 1.24 bits per heavy atom. The van der Waals surface area contributed by atoms with Gasteiger partial charge in [0.2, 0.25) is 0 Å². The molecule has 0 aromatic heterocycles. The molecular weight excluding hydrogens is 270 g/mol. The van der Waals surface area contributed by atoms with Crippen LogP contribution in [-0.2, 0) is 14.3 Å². The molecule has 1 aliphatic rings. The van der Waals surface area contributed by atoms with Crippen LogP contribution < -0.4 is 10.1 Å². The van der Waals surface area contributed by atoms with Crippen LogP contribution in [-0.4, -0.2) is 38.9 Å². The van der Waals surface area contributed by atoms with E-state index < -0.39 is 5.60 Å². The normalized spacial score (nSPS) is 17.1. The summed E-state index contributed by atoms with van der Waals surface area (Å²) in [7, 11) is 3.22. The first kappa shape index (κ1) is 15.8. The van der Waals surface area contributed by atoms with Crippen LogP contribution in [0.1, 0.15) is 19.8 Å². The predicted molar refractivity (Wildman–Crippen MR) is 80.6 cm³/mol. The Hall–Kier alpha value is -1.59. The number of methoxy groups -OCH3 is 2. The number of benzene rings is 1. The number of nitrogens with one attached hydrogen (secondary N) is 1. The van der Waals surface area contributed by atoms with Crippen molar-refractivity contribution in [1.82, 2.24) is 0 Å². The fraction of sp³-hybridized carbons (Fsp3) is 0.562. The molecule has 1 atom stereocenters. The van der Waals surface area contributed by atoms with E-state index in [1.54, 1.807) is 14.2 Å². The summed E-state index contributed by atoms with van der Waals surface area (Å²) in [5, 5.41) is 2.91. The van der Waals surface area contributed by atoms with Crippen molar-refractivity contribution in [2.45, 2.75) is 25.4 Å². The SMILES string of the molecule is COCCOc1ccc(NC(=O)C(C)(OC)C2CC2)cc1. The van der Waals surface area contributed by atoms with Crippen molar-refractivity contribution >= 4 is 11.6 Å². The second-order valence-corrected chi connectivity index (χ2v) is 5.41. The minimum atomic E-state index is -0.742. The minimum Gasteiger partial charge on any atom is -0.491 e. The van der Waals surface area contributed by atoms with Crippen LogP contribution in [0.5, 0.6) is 5.75 Å². The van der Waals surface area contributed by atoms with Crippen molar-refractivity contribution in [3.05, 3.63) is 24.3 Å². The number of hydrogen-bond acceptors (Lipinski definition) is 4. The number of hydrogen-bond donors (Lipinski definition) is 1. The van der Waals surface area contributed by atoms with Crippen LogP contribution in [0, 0.1) is 5.92 Å². The van der Waals surface area contributed by atoms with E-state index in [4.69, 9.17) is 14.2 Å². The summed E-state index contributed by atoms with van der Waals surface area (Å²) in [6.07, 6.45) is 2.09. The molecule has 1 amide bonds. The number of carbonyl (C=O) groups excluding carboxylic acids is 1. The Balaban J connectivity index is 1.92. The van der Waals surface area contributed by atoms with E-state index in [9.17, 15) is 4.79 Å². The molecular formula is C16H23NO4. The van der Waals surface area contributed by atoms with Gasteiger partial charge >= 0.3 is 0 Å². The highest BCUT2D eigenvalue weighted by atomic mass is 16.5. The van der Waals surface area contributed by atoms with Gasteiger partial charge < -0.3 is 19.5 Å². The minimum absolute atomic E-state index is 0.0967. The fourth-order valence-electron chi connectivity index (χ4n) is 2.21. The Kier molecular flexibility index (Phi) is 5.20. The van der Waals surface area contributed by atoms with Crippen LogP contribution in [0.4, 0.5) is 5.69 Å². The summed E-state index contributed by atoms with van der Waals surface area (Å²) >= 11 is 0. The standard InChI is InChI=1S/C16H23NO4/c1-16(20-3,12-4-5-12)15(18)17-13-6-8-14(9-7-13)21-11-10-19-2/h6-9,12H,4-5,10-11H2,1-3H3,(H,17,18). The molecule has 0 heterocycles. The van der Waals surface area contributed by atoms with Gasteiger partial charge in [0.15, 0.2) is 0 Å². The molecule has 1 fully saturated rings. The first-order valence-electron chi connectivity index (χ1n) is 7.18. The summed E-state index contributed by atoms with van der Waals surface area (Å²) in [6, 6.07) is 7.30. The van der Waals surface area contributed by atoms with Gasteiger partial charge in [-0.15, -0.1) is 0 Å². The van der Waals surface area contributed by atoms with E-state index in [0.29, 0.717) is 19.1 Å². The molecule has 1 N–H and O–H groups in total. The highest BCUT2D eigenvalue weighted by Gasteiger charge is 2.47. The van der Waals surface area contributed by atoms with Gasteiger partial charge in [-0.1, -0.05) is 0 Å². The Morgan fingerprint density at radius 2 is 1.90 bits per heavy atom. The molecule has 2 rings (SSSR count). The molecule has 21 heavy (non-hydrogen) atoms. The van der Waals surface area contributed by atoms with Gasteiger partial charge in [-0.3, -0.25) is 4.79 Å². The first-order chi connectivity index (χ1) is 10.1. The Labute approximate surface area is 125 Å². The van der Waals surface area contributed by atoms with Crippen LogP contribution >= 0.6 is 0 Å². The number of amides is 1. The van der Waals surface area contributed by atoms with E-state index in [2.05, 4.69) is 5.32 Å². The van der Waals surface area contributed by atoms with E-state index in [1.165, 1.54) is 0 Å². The van der Waals surface area contributed by atoms with Crippen molar-refractivity contribution in [3.8, 4) is 5.75 Å². The lowest BCUT2D eigenvalue weighted by atomic mass is 9.99. The fourth-order valence-corrected chi connectivity index (χ4v) is 2.21. The second-order valence-electron chi connectivity index (χ2n) is 5.41. The molecule has 116 valence electrons. The molecule has 1 aliphatic carbocycles. The molecule has 5 nitrogen and oxygen atoms in total. The van der Waals surface area contributed by atoms with Crippen LogP contribution in [0.2, 0.25) is 0 Å². The second kappa shape index (κ2) is 6.91. The molecule has 0 radical (unpaired) electrons. The van der Waals surface area contributed by atoms with Gasteiger partial charge in [0, 0.05) is 19.9 Å². The van der Waals surface area contributed by atoms with Gasteiger partial charge in [-0.2, -0.15) is 0 Å². The van der Waals surface area contributed by atoms with Crippen molar-refractivity contribution in [3.63, 3.8) is 0 Å². The predicted octanol–water partition coefficient (Wildman–Crippen LogP) is 2.47. The summed E-state index contributed by atoms with van der Waals surface area (Å²) in [4.78, 5) is 12.4. The molecule has 0 spiro atoms. The molecule has 1 unspecified atom stereocenters. The van der Waals surface area contributed by atoms with Gasteiger partial charge in [-0.25, -0.2) is 0 Å². The van der Waals surface area contributed by atoms with Gasteiger partial charge in [0.05, 0.1) is 6.61 Å². The number of rotatable bonds is 8. The third-order valence-electron chi connectivity index (χ3n) is 3.90. The zero-order valence-corrected chi connectivity index (χ0v) is 12.8. The molecule has 5 heteroatoms. The zero-order valence-electron chi connectivity index (χ0n) is 12.8. The third kappa shape index (κ3) is 3.95. The Bertz CT molecular complexity index is 470.